The molecule has 0 spiro atoms. The van der Waals surface area contributed by atoms with Crippen molar-refractivity contribution in [3.8, 4) is 22.3 Å². The summed E-state index contributed by atoms with van der Waals surface area (Å²) in [7, 11) is 0. The largest absolute Gasteiger partial charge is 0.310 e. The van der Waals surface area contributed by atoms with E-state index in [-0.39, 0.29) is 23.0 Å². The molecule has 0 atom stereocenters. The highest BCUT2D eigenvalue weighted by Crippen LogP contribution is 2.53. The molecule has 0 radical (unpaired) electrons. The predicted molar refractivity (Wildman–Crippen MR) is 309 cm³/mol. The van der Waals surface area contributed by atoms with Crippen LogP contribution in [0.2, 0.25) is 0 Å². The molecule has 0 N–H and O–H groups in total. The Hall–Kier alpha value is -5.96. The zero-order valence-electron chi connectivity index (χ0n) is 40.6. The van der Waals surface area contributed by atoms with Crippen molar-refractivity contribution in [2.45, 2.75) is 78.6 Å². The molecule has 11 aromatic rings. The summed E-state index contributed by atoms with van der Waals surface area (Å²) in [6, 6.07) is 56.2. The Kier molecular flexibility index (Phi) is 9.54. The van der Waals surface area contributed by atoms with Crippen LogP contribution in [0.5, 0.6) is 0 Å². The predicted octanol–water partition coefficient (Wildman–Crippen LogP) is 17.9. The van der Waals surface area contributed by atoms with Crippen LogP contribution in [0, 0.1) is 0 Å². The van der Waals surface area contributed by atoms with Gasteiger partial charge in [-0.2, -0.15) is 0 Å². The van der Waals surface area contributed by atoms with Crippen LogP contribution in [0.1, 0.15) is 79.0 Å². The quantitative estimate of drug-likeness (QED) is 0.162. The summed E-state index contributed by atoms with van der Waals surface area (Å²) < 4.78 is 8.13. The van der Waals surface area contributed by atoms with Crippen LogP contribution in [0.4, 0.5) is 34.1 Å². The molecule has 2 aliphatic heterocycles. The van der Waals surface area contributed by atoms with Crippen LogP contribution in [0.15, 0.2) is 156 Å². The van der Waals surface area contributed by atoms with Gasteiger partial charge in [-0.1, -0.05) is 135 Å². The second-order valence-electron chi connectivity index (χ2n) is 22.2. The SMILES string of the molecule is CC(C)(C)c1cc2c3c(c1)N(c1cccc(-c4csc5ccccc45)c1)c1c(sc4ccc(C(C)(C)C)cc14)B3c1sc3ccc(C(C)(C)C)cc3c1N2c1cccc(-c2csc3ccccc23)c1. The topological polar surface area (TPSA) is 6.48 Å². The molecule has 338 valence electrons. The fraction of sp³-hybridized carbons (Fsp3) is 0.194. The average Bonchev–Trinajstić information content (AvgIpc) is 4.13. The van der Waals surface area contributed by atoms with Gasteiger partial charge in [0, 0.05) is 83.8 Å². The fourth-order valence-electron chi connectivity index (χ4n) is 10.9. The van der Waals surface area contributed by atoms with E-state index in [1.54, 1.807) is 0 Å². The molecule has 0 saturated carbocycles. The minimum Gasteiger partial charge on any atom is -0.310 e. The van der Waals surface area contributed by atoms with Crippen molar-refractivity contribution in [2.24, 2.45) is 0 Å². The zero-order chi connectivity index (χ0) is 47.3. The number of nitrogens with zero attached hydrogens (tertiary/aromatic N) is 2. The molecule has 69 heavy (non-hydrogen) atoms. The molecule has 0 aliphatic carbocycles. The standard InChI is InChI=1S/C62H53BN2S4/c1-60(2,3)38-24-26-53-45(30-38)56-58(68-53)63-55-49(64(56)41-18-14-16-36(28-41)47-34-66-51-22-12-10-20-43(47)51)32-40(62(7,8)9)33-50(55)65(57-46-31-39(61(4,5)6)25-27-54(46)69-59(57)63)42-19-15-17-37(29-42)48-35-67-52-23-13-11-21-44(48)52/h10-35H,1-9H3. The monoisotopic (exact) mass is 964 g/mol. The lowest BCUT2D eigenvalue weighted by molar-refractivity contribution is 0.590. The van der Waals surface area contributed by atoms with Crippen molar-refractivity contribution in [3.63, 3.8) is 0 Å². The van der Waals surface area contributed by atoms with Crippen LogP contribution in [-0.4, -0.2) is 6.71 Å². The van der Waals surface area contributed by atoms with Crippen molar-refractivity contribution >= 4 is 142 Å². The lowest BCUT2D eigenvalue weighted by Crippen LogP contribution is -2.59. The second-order valence-corrected chi connectivity index (χ2v) is 26.2. The Morgan fingerprint density at radius 1 is 0.391 bits per heavy atom. The molecule has 4 aromatic heterocycles. The molecule has 6 heterocycles. The maximum atomic E-state index is 2.67. The minimum atomic E-state index is -0.139. The number of hydrogen-bond acceptors (Lipinski definition) is 6. The maximum Gasteiger partial charge on any atom is 0.277 e. The summed E-state index contributed by atoms with van der Waals surface area (Å²) in [6.45, 7) is 21.3. The molecule has 0 unspecified atom stereocenters. The number of rotatable bonds is 4. The van der Waals surface area contributed by atoms with Gasteiger partial charge in [0.1, 0.15) is 0 Å². The number of hydrogen-bond donors (Lipinski definition) is 0. The van der Waals surface area contributed by atoms with E-state index >= 15 is 0 Å². The Morgan fingerprint density at radius 2 is 0.826 bits per heavy atom. The fourth-order valence-corrected chi connectivity index (χ4v) is 15.5. The first kappa shape index (κ1) is 43.1. The molecule has 7 aromatic carbocycles. The van der Waals surface area contributed by atoms with Crippen molar-refractivity contribution < 1.29 is 0 Å². The van der Waals surface area contributed by atoms with Gasteiger partial charge in [0.05, 0.1) is 11.4 Å². The van der Waals surface area contributed by atoms with E-state index in [2.05, 4.69) is 228 Å². The van der Waals surface area contributed by atoms with E-state index in [0.29, 0.717) is 0 Å². The lowest BCUT2D eigenvalue weighted by Gasteiger charge is -2.43. The van der Waals surface area contributed by atoms with E-state index in [0.717, 1.165) is 0 Å². The van der Waals surface area contributed by atoms with Crippen LogP contribution in [0.25, 0.3) is 62.6 Å². The van der Waals surface area contributed by atoms with Gasteiger partial charge in [-0.3, -0.25) is 0 Å². The third-order valence-electron chi connectivity index (χ3n) is 14.6. The van der Waals surface area contributed by atoms with Gasteiger partial charge >= 0.3 is 0 Å². The maximum absolute atomic E-state index is 2.67. The Morgan fingerprint density at radius 3 is 1.26 bits per heavy atom. The van der Waals surface area contributed by atoms with Gasteiger partial charge in [0.15, 0.2) is 0 Å². The van der Waals surface area contributed by atoms with Gasteiger partial charge in [0.2, 0.25) is 0 Å². The lowest BCUT2D eigenvalue weighted by atomic mass is 9.39. The minimum absolute atomic E-state index is 0.00843. The van der Waals surface area contributed by atoms with E-state index in [1.807, 2.05) is 45.3 Å². The summed E-state index contributed by atoms with van der Waals surface area (Å²) in [5.41, 5.74) is 17.9. The molecule has 2 nitrogen and oxygen atoms in total. The number of fused-ring (bicyclic) bond motifs is 10. The Bertz CT molecular complexity index is 3650. The van der Waals surface area contributed by atoms with Gasteiger partial charge in [-0.05, 0) is 133 Å². The molecule has 2 aliphatic rings. The molecular formula is C62H53BN2S4. The summed E-state index contributed by atoms with van der Waals surface area (Å²) in [5.74, 6) is 0. The zero-order valence-corrected chi connectivity index (χ0v) is 43.9. The van der Waals surface area contributed by atoms with Crippen molar-refractivity contribution in [2.75, 3.05) is 9.80 Å². The highest BCUT2D eigenvalue weighted by atomic mass is 32.1. The molecule has 13 rings (SSSR count). The summed E-state index contributed by atoms with van der Waals surface area (Å²) >= 11 is 7.66. The van der Waals surface area contributed by atoms with Gasteiger partial charge in [0.25, 0.3) is 6.71 Å². The third-order valence-corrected chi connectivity index (χ3v) is 19.0. The van der Waals surface area contributed by atoms with Crippen molar-refractivity contribution in [3.05, 3.63) is 173 Å². The van der Waals surface area contributed by atoms with Gasteiger partial charge < -0.3 is 9.80 Å². The number of anilines is 6. The first-order valence-corrected chi connectivity index (χ1v) is 27.6. The van der Waals surface area contributed by atoms with Crippen LogP contribution < -0.4 is 24.8 Å². The molecule has 0 bridgehead atoms. The second kappa shape index (κ2) is 15.3. The highest BCUT2D eigenvalue weighted by molar-refractivity contribution is 7.40. The molecule has 0 amide bonds. The van der Waals surface area contributed by atoms with Crippen molar-refractivity contribution in [1.82, 2.24) is 0 Å². The average molecular weight is 965 g/mol. The summed E-state index contributed by atoms with van der Waals surface area (Å²) in [5, 5.41) is 9.97. The molecule has 0 saturated heterocycles. The normalized spacial score (nSPS) is 13.8. The molecule has 7 heteroatoms. The first-order chi connectivity index (χ1) is 33.1. The highest BCUT2D eigenvalue weighted by Gasteiger charge is 2.48. The third kappa shape index (κ3) is 6.75. The van der Waals surface area contributed by atoms with Gasteiger partial charge in [-0.15, -0.1) is 45.3 Å². The smallest absolute Gasteiger partial charge is 0.277 e. The van der Waals surface area contributed by atoms with E-state index < -0.39 is 0 Å². The number of benzene rings is 7. The molecule has 0 fully saturated rings. The van der Waals surface area contributed by atoms with E-state index in [9.17, 15) is 0 Å². The summed E-state index contributed by atoms with van der Waals surface area (Å²) in [4.78, 5) is 5.34. The number of thiophene rings is 4. The van der Waals surface area contributed by atoms with Crippen LogP contribution in [0.3, 0.4) is 0 Å². The van der Waals surface area contributed by atoms with Crippen LogP contribution in [-0.2, 0) is 16.2 Å². The van der Waals surface area contributed by atoms with Crippen LogP contribution >= 0.6 is 45.3 Å². The summed E-state index contributed by atoms with van der Waals surface area (Å²) in [6.07, 6.45) is 0. The molecular weight excluding hydrogens is 912 g/mol. The first-order valence-electron chi connectivity index (χ1n) is 24.2. The Balaban J connectivity index is 1.15. The van der Waals surface area contributed by atoms with Gasteiger partial charge in [-0.25, -0.2) is 0 Å². The van der Waals surface area contributed by atoms with E-state index in [4.69, 9.17) is 0 Å². The van der Waals surface area contributed by atoms with E-state index in [1.165, 1.54) is 128 Å². The van der Waals surface area contributed by atoms with Crippen molar-refractivity contribution in [1.29, 1.82) is 0 Å². The Labute approximate surface area is 422 Å².